The van der Waals surface area contributed by atoms with Crippen LogP contribution in [-0.4, -0.2) is 16.1 Å². The summed E-state index contributed by atoms with van der Waals surface area (Å²) in [5, 5.41) is 0. The molecule has 0 radical (unpaired) electrons. The first-order chi connectivity index (χ1) is 5.28. The van der Waals surface area contributed by atoms with Crippen molar-refractivity contribution in [1.29, 1.82) is 0 Å². The van der Waals surface area contributed by atoms with E-state index in [4.69, 9.17) is 12.8 Å². The fraction of sp³-hybridized carbons (Fsp3) is 0.400. The van der Waals surface area contributed by atoms with E-state index in [0.717, 1.165) is 0 Å². The molecular formula is C10H16Si2. The molecule has 0 amide bonds. The van der Waals surface area contributed by atoms with Gasteiger partial charge in [0.25, 0.3) is 0 Å². The third-order valence-electron chi connectivity index (χ3n) is 2.23. The minimum Gasteiger partial charge on any atom is -0.130 e. The molecule has 64 valence electrons. The smallest absolute Gasteiger partial charge is 0.130 e. The molecule has 0 aromatic carbocycles. The molecule has 0 bridgehead atoms. The van der Waals surface area contributed by atoms with Crippen molar-refractivity contribution in [2.45, 2.75) is 26.2 Å². The van der Waals surface area contributed by atoms with Crippen LogP contribution in [0, 0.1) is 23.9 Å². The highest BCUT2D eigenvalue weighted by atomic mass is 28.4. The summed E-state index contributed by atoms with van der Waals surface area (Å²) in [6.45, 7) is 12.6. The van der Waals surface area contributed by atoms with Crippen molar-refractivity contribution in [2.24, 2.45) is 0 Å². The van der Waals surface area contributed by atoms with Crippen molar-refractivity contribution in [2.75, 3.05) is 0 Å². The number of rotatable bonds is 2. The average Bonchev–Trinajstić information content (AvgIpc) is 2.03. The lowest BCUT2D eigenvalue weighted by Crippen LogP contribution is -2.42. The van der Waals surface area contributed by atoms with Gasteiger partial charge in [-0.2, -0.15) is 0 Å². The van der Waals surface area contributed by atoms with Gasteiger partial charge in [-0.1, -0.05) is 31.0 Å². The molecule has 0 aliphatic rings. The van der Waals surface area contributed by atoms with Crippen molar-refractivity contribution >= 4 is 16.1 Å². The van der Waals surface area contributed by atoms with Crippen LogP contribution in [0.5, 0.6) is 0 Å². The van der Waals surface area contributed by atoms with Gasteiger partial charge in [0.15, 0.2) is 16.1 Å². The zero-order valence-electron chi connectivity index (χ0n) is 8.36. The van der Waals surface area contributed by atoms with Gasteiger partial charge in [0.1, 0.15) is 0 Å². The van der Waals surface area contributed by atoms with E-state index in [1.165, 1.54) is 4.82 Å². The predicted molar refractivity (Wildman–Crippen MR) is 61.8 cm³/mol. The number of terminal acetylenes is 2. The van der Waals surface area contributed by atoms with E-state index in [0.29, 0.717) is 0 Å². The van der Waals surface area contributed by atoms with Crippen LogP contribution in [0.25, 0.3) is 0 Å². The standard InChI is InChI=1S/C10H16Si2/c1-8-11(4,5)10(3)12(6,7)9-2/h1-2H,3H2,4-7H3. The Labute approximate surface area is 78.1 Å². The highest BCUT2D eigenvalue weighted by molar-refractivity contribution is 7.11. The molecule has 0 aliphatic heterocycles. The molecule has 0 spiro atoms. The lowest BCUT2D eigenvalue weighted by atomic mass is 11.2. The number of hydrogen-bond donors (Lipinski definition) is 0. The zero-order valence-corrected chi connectivity index (χ0v) is 10.4. The van der Waals surface area contributed by atoms with Gasteiger partial charge < -0.3 is 0 Å². The van der Waals surface area contributed by atoms with Gasteiger partial charge in [-0.15, -0.1) is 30.5 Å². The molecule has 12 heavy (non-hydrogen) atoms. The maximum absolute atomic E-state index is 5.46. The fourth-order valence-corrected chi connectivity index (χ4v) is 7.99. The Morgan fingerprint density at radius 1 is 1.00 bits per heavy atom. The maximum Gasteiger partial charge on any atom is 0.154 e. The van der Waals surface area contributed by atoms with Crippen LogP contribution < -0.4 is 0 Å². The summed E-state index contributed by atoms with van der Waals surface area (Å²) >= 11 is 0. The minimum absolute atomic E-state index is 1.19. The molecule has 0 aromatic heterocycles. The molecule has 0 fully saturated rings. The monoisotopic (exact) mass is 192 g/mol. The van der Waals surface area contributed by atoms with Gasteiger partial charge in [0, 0.05) is 0 Å². The Bertz CT molecular complexity index is 243. The summed E-state index contributed by atoms with van der Waals surface area (Å²) in [5.74, 6) is 0. The topological polar surface area (TPSA) is 0 Å². The van der Waals surface area contributed by atoms with Gasteiger partial charge in [0.2, 0.25) is 0 Å². The van der Waals surface area contributed by atoms with Crippen LogP contribution >= 0.6 is 0 Å². The van der Waals surface area contributed by atoms with Crippen LogP contribution in [0.4, 0.5) is 0 Å². The lowest BCUT2D eigenvalue weighted by molar-refractivity contribution is 1.76. The van der Waals surface area contributed by atoms with Crippen LogP contribution in [0.2, 0.25) is 26.2 Å². The van der Waals surface area contributed by atoms with Crippen LogP contribution in [-0.2, 0) is 0 Å². The molecule has 0 N–H and O–H groups in total. The first kappa shape index (κ1) is 11.3. The van der Waals surface area contributed by atoms with Gasteiger partial charge >= 0.3 is 0 Å². The molecular weight excluding hydrogens is 176 g/mol. The Morgan fingerprint density at radius 2 is 1.25 bits per heavy atom. The average molecular weight is 192 g/mol. The lowest BCUT2D eigenvalue weighted by Gasteiger charge is -2.27. The molecule has 0 aromatic rings. The molecule has 2 heteroatoms. The second-order valence-corrected chi connectivity index (χ2v) is 12.8. The summed E-state index contributed by atoms with van der Waals surface area (Å²) in [6.07, 6.45) is 10.9. The Balaban J connectivity index is 4.92. The highest BCUT2D eigenvalue weighted by Crippen LogP contribution is 2.22. The summed E-state index contributed by atoms with van der Waals surface area (Å²) < 4.78 is 0. The van der Waals surface area contributed by atoms with E-state index in [-0.39, 0.29) is 0 Å². The van der Waals surface area contributed by atoms with Crippen molar-refractivity contribution in [3.05, 3.63) is 11.4 Å². The SMILES string of the molecule is C#C[Si](C)(C)C(=C)[Si](C)(C)C#C. The zero-order chi connectivity index (χ0) is 9.99. The van der Waals surface area contributed by atoms with E-state index in [1.807, 2.05) is 0 Å². The van der Waals surface area contributed by atoms with Crippen molar-refractivity contribution in [3.63, 3.8) is 0 Å². The molecule has 0 saturated heterocycles. The fourth-order valence-electron chi connectivity index (χ4n) is 0.955. The van der Waals surface area contributed by atoms with Crippen molar-refractivity contribution in [1.82, 2.24) is 0 Å². The van der Waals surface area contributed by atoms with E-state index >= 15 is 0 Å². The molecule has 0 unspecified atom stereocenters. The second-order valence-electron chi connectivity index (χ2n) is 4.02. The van der Waals surface area contributed by atoms with E-state index in [1.54, 1.807) is 0 Å². The first-order valence-electron chi connectivity index (χ1n) is 3.93. The molecule has 0 saturated carbocycles. The summed E-state index contributed by atoms with van der Waals surface area (Å²) in [5.41, 5.74) is 5.72. The molecule has 0 atom stereocenters. The summed E-state index contributed by atoms with van der Waals surface area (Å²) in [7, 11) is -3.37. The van der Waals surface area contributed by atoms with Gasteiger partial charge in [-0.25, -0.2) is 0 Å². The quantitative estimate of drug-likeness (QED) is 0.465. The van der Waals surface area contributed by atoms with Crippen LogP contribution in [0.15, 0.2) is 11.4 Å². The second kappa shape index (κ2) is 3.35. The highest BCUT2D eigenvalue weighted by Gasteiger charge is 2.34. The van der Waals surface area contributed by atoms with E-state index in [2.05, 4.69) is 43.9 Å². The maximum atomic E-state index is 5.46. The normalized spacial score (nSPS) is 11.5. The van der Waals surface area contributed by atoms with Crippen molar-refractivity contribution < 1.29 is 0 Å². The predicted octanol–water partition coefficient (Wildman–Crippen LogP) is 2.38. The van der Waals surface area contributed by atoms with Gasteiger partial charge in [0.05, 0.1) is 0 Å². The van der Waals surface area contributed by atoms with E-state index < -0.39 is 16.1 Å². The molecule has 0 nitrogen and oxygen atoms in total. The Morgan fingerprint density at radius 3 is 1.42 bits per heavy atom. The largest absolute Gasteiger partial charge is 0.154 e. The molecule has 0 aliphatic carbocycles. The van der Waals surface area contributed by atoms with Gasteiger partial charge in [-0.05, 0) is 0 Å². The summed E-state index contributed by atoms with van der Waals surface area (Å²) in [6, 6.07) is 0. The minimum atomic E-state index is -1.68. The Kier molecular flexibility index (Phi) is 3.15. The molecule has 0 rings (SSSR count). The third-order valence-corrected chi connectivity index (χ3v) is 10.4. The van der Waals surface area contributed by atoms with Crippen LogP contribution in [0.1, 0.15) is 0 Å². The van der Waals surface area contributed by atoms with Crippen LogP contribution in [0.3, 0.4) is 0 Å². The third kappa shape index (κ3) is 2.14. The first-order valence-corrected chi connectivity index (χ1v) is 9.93. The van der Waals surface area contributed by atoms with E-state index in [9.17, 15) is 0 Å². The van der Waals surface area contributed by atoms with Crippen molar-refractivity contribution in [3.8, 4) is 23.9 Å². The van der Waals surface area contributed by atoms with Gasteiger partial charge in [-0.3, -0.25) is 0 Å². The number of hydrogen-bond acceptors (Lipinski definition) is 0. The molecule has 0 heterocycles. The summed E-state index contributed by atoms with van der Waals surface area (Å²) in [4.78, 5) is 1.19. The Hall–Kier alpha value is -0.706.